The molecule has 4 nitrogen and oxygen atoms in total. The van der Waals surface area contributed by atoms with Gasteiger partial charge in [0, 0.05) is 17.0 Å². The molecule has 0 bridgehead atoms. The summed E-state index contributed by atoms with van der Waals surface area (Å²) < 4.78 is 37.5. The molecule has 1 N–H and O–H groups in total. The first-order chi connectivity index (χ1) is 11.0. The van der Waals surface area contributed by atoms with E-state index in [1.807, 2.05) is 0 Å². The zero-order valence-electron chi connectivity index (χ0n) is 12.4. The summed E-state index contributed by atoms with van der Waals surface area (Å²) in [6.07, 6.45) is 0. The van der Waals surface area contributed by atoms with Crippen molar-refractivity contribution in [1.29, 1.82) is 0 Å². The van der Waals surface area contributed by atoms with E-state index in [0.717, 1.165) is 18.2 Å². The Labute approximate surface area is 130 Å². The molecule has 3 rings (SSSR count). The maximum absolute atomic E-state index is 13.6. The molecule has 0 aliphatic rings. The molecular formula is C17H13F2NO3. The Morgan fingerprint density at radius 3 is 2.70 bits per heavy atom. The summed E-state index contributed by atoms with van der Waals surface area (Å²) >= 11 is 0. The quantitative estimate of drug-likeness (QED) is 0.784. The van der Waals surface area contributed by atoms with E-state index in [0.29, 0.717) is 22.3 Å². The molecule has 0 radical (unpaired) electrons. The number of benzene rings is 2. The molecule has 0 fully saturated rings. The first kappa shape index (κ1) is 15.0. The van der Waals surface area contributed by atoms with Crippen LogP contribution in [0.2, 0.25) is 0 Å². The van der Waals surface area contributed by atoms with E-state index < -0.39 is 17.5 Å². The van der Waals surface area contributed by atoms with Gasteiger partial charge in [0.2, 0.25) is 0 Å². The number of hydrogen-bond donors (Lipinski definition) is 1. The number of anilines is 1. The van der Waals surface area contributed by atoms with Gasteiger partial charge in [0.1, 0.15) is 23.0 Å². The van der Waals surface area contributed by atoms with Gasteiger partial charge in [-0.25, -0.2) is 8.78 Å². The van der Waals surface area contributed by atoms with E-state index in [-0.39, 0.29) is 11.4 Å². The van der Waals surface area contributed by atoms with Crippen LogP contribution in [0.5, 0.6) is 5.75 Å². The van der Waals surface area contributed by atoms with Crippen molar-refractivity contribution in [3.05, 3.63) is 59.4 Å². The van der Waals surface area contributed by atoms with Crippen molar-refractivity contribution in [1.82, 2.24) is 0 Å². The molecule has 0 atom stereocenters. The number of halogens is 2. The number of fused-ring (bicyclic) bond motifs is 1. The summed E-state index contributed by atoms with van der Waals surface area (Å²) in [5.74, 6) is -1.36. The van der Waals surface area contributed by atoms with Gasteiger partial charge in [-0.05, 0) is 37.3 Å². The van der Waals surface area contributed by atoms with Crippen molar-refractivity contribution in [2.75, 3.05) is 12.4 Å². The molecule has 0 aliphatic heterocycles. The van der Waals surface area contributed by atoms with E-state index in [4.69, 9.17) is 9.15 Å². The Bertz CT molecular complexity index is 902. The second kappa shape index (κ2) is 5.72. The summed E-state index contributed by atoms with van der Waals surface area (Å²) in [5.41, 5.74) is 0.855. The van der Waals surface area contributed by atoms with E-state index in [1.165, 1.54) is 7.11 Å². The minimum atomic E-state index is -0.727. The number of ether oxygens (including phenoxy) is 1. The van der Waals surface area contributed by atoms with Gasteiger partial charge in [-0.15, -0.1) is 0 Å². The number of methoxy groups -OCH3 is 1. The topological polar surface area (TPSA) is 51.5 Å². The Kier molecular flexibility index (Phi) is 3.73. The van der Waals surface area contributed by atoms with Crippen LogP contribution in [0.25, 0.3) is 11.0 Å². The number of amides is 1. The Balaban J connectivity index is 1.97. The highest BCUT2D eigenvalue weighted by molar-refractivity contribution is 6.06. The fourth-order valence-corrected chi connectivity index (χ4v) is 2.32. The van der Waals surface area contributed by atoms with Crippen molar-refractivity contribution < 1.29 is 22.7 Å². The van der Waals surface area contributed by atoms with Gasteiger partial charge in [-0.1, -0.05) is 0 Å². The van der Waals surface area contributed by atoms with Crippen molar-refractivity contribution in [3.8, 4) is 5.75 Å². The molecule has 0 saturated heterocycles. The summed E-state index contributed by atoms with van der Waals surface area (Å²) in [4.78, 5) is 12.3. The van der Waals surface area contributed by atoms with Gasteiger partial charge in [0.25, 0.3) is 5.91 Å². The molecule has 2 aromatic carbocycles. The number of rotatable bonds is 3. The average molecular weight is 317 g/mol. The van der Waals surface area contributed by atoms with E-state index in [2.05, 4.69) is 5.32 Å². The lowest BCUT2D eigenvalue weighted by molar-refractivity contribution is 0.0997. The lowest BCUT2D eigenvalue weighted by Gasteiger charge is -2.05. The van der Waals surface area contributed by atoms with E-state index in [1.54, 1.807) is 25.1 Å². The van der Waals surface area contributed by atoms with Crippen molar-refractivity contribution in [3.63, 3.8) is 0 Å². The standard InChI is InChI=1S/C17H13F2NO3/c1-9-12-8-11(22-2)4-6-15(12)23-16(9)17(21)20-14-7-10(18)3-5-13(14)19/h3-8H,1-2H3,(H,20,21). The van der Waals surface area contributed by atoms with E-state index in [9.17, 15) is 13.6 Å². The second-order valence-electron chi connectivity index (χ2n) is 5.00. The maximum atomic E-state index is 13.6. The number of nitrogens with one attached hydrogen (secondary N) is 1. The third kappa shape index (κ3) is 2.75. The highest BCUT2D eigenvalue weighted by Gasteiger charge is 2.19. The number of furan rings is 1. The fourth-order valence-electron chi connectivity index (χ4n) is 2.32. The van der Waals surface area contributed by atoms with Crippen LogP contribution in [-0.4, -0.2) is 13.0 Å². The summed E-state index contributed by atoms with van der Waals surface area (Å²) in [6, 6.07) is 7.97. The molecule has 6 heteroatoms. The number of aryl methyl sites for hydroxylation is 1. The number of carbonyl (C=O) groups excluding carboxylic acids is 1. The predicted octanol–water partition coefficient (Wildman–Crippen LogP) is 4.28. The molecule has 0 unspecified atom stereocenters. The predicted molar refractivity (Wildman–Crippen MR) is 81.8 cm³/mol. The van der Waals surface area contributed by atoms with Gasteiger partial charge in [0.15, 0.2) is 5.76 Å². The zero-order valence-corrected chi connectivity index (χ0v) is 12.4. The normalized spacial score (nSPS) is 10.8. The lowest BCUT2D eigenvalue weighted by Crippen LogP contribution is -2.13. The first-order valence-electron chi connectivity index (χ1n) is 6.83. The van der Waals surface area contributed by atoms with Crippen LogP contribution in [0.4, 0.5) is 14.5 Å². The van der Waals surface area contributed by atoms with Gasteiger partial charge >= 0.3 is 0 Å². The highest BCUT2D eigenvalue weighted by atomic mass is 19.1. The molecule has 0 spiro atoms. The highest BCUT2D eigenvalue weighted by Crippen LogP contribution is 2.29. The molecule has 0 aliphatic carbocycles. The first-order valence-corrected chi connectivity index (χ1v) is 6.83. The summed E-state index contributed by atoms with van der Waals surface area (Å²) in [6.45, 7) is 1.71. The van der Waals surface area contributed by atoms with Crippen molar-refractivity contribution in [2.45, 2.75) is 6.92 Å². The van der Waals surface area contributed by atoms with Crippen LogP contribution in [-0.2, 0) is 0 Å². The minimum Gasteiger partial charge on any atom is -0.497 e. The number of hydrogen-bond acceptors (Lipinski definition) is 3. The molecule has 1 amide bonds. The third-order valence-electron chi connectivity index (χ3n) is 3.53. The van der Waals surface area contributed by atoms with Gasteiger partial charge in [0.05, 0.1) is 12.8 Å². The van der Waals surface area contributed by atoms with Gasteiger partial charge in [-0.2, -0.15) is 0 Å². The molecule has 1 aromatic heterocycles. The van der Waals surface area contributed by atoms with Gasteiger partial charge in [-0.3, -0.25) is 4.79 Å². The van der Waals surface area contributed by atoms with Gasteiger partial charge < -0.3 is 14.5 Å². The molecule has 118 valence electrons. The zero-order chi connectivity index (χ0) is 16.6. The van der Waals surface area contributed by atoms with Crippen LogP contribution in [0.15, 0.2) is 40.8 Å². The molecule has 0 saturated carbocycles. The van der Waals surface area contributed by atoms with E-state index >= 15 is 0 Å². The Morgan fingerprint density at radius 2 is 1.96 bits per heavy atom. The number of carbonyl (C=O) groups is 1. The molecule has 23 heavy (non-hydrogen) atoms. The molecular weight excluding hydrogens is 304 g/mol. The summed E-state index contributed by atoms with van der Waals surface area (Å²) in [7, 11) is 1.54. The Hall–Kier alpha value is -2.89. The fraction of sp³-hybridized carbons (Fsp3) is 0.118. The van der Waals surface area contributed by atoms with Crippen LogP contribution < -0.4 is 10.1 Å². The Morgan fingerprint density at radius 1 is 1.17 bits per heavy atom. The minimum absolute atomic E-state index is 0.0388. The van der Waals surface area contributed by atoms with Crippen molar-refractivity contribution in [2.24, 2.45) is 0 Å². The smallest absolute Gasteiger partial charge is 0.291 e. The maximum Gasteiger partial charge on any atom is 0.291 e. The summed E-state index contributed by atoms with van der Waals surface area (Å²) in [5, 5.41) is 3.04. The van der Waals surface area contributed by atoms with Crippen LogP contribution >= 0.6 is 0 Å². The van der Waals surface area contributed by atoms with Crippen LogP contribution in [0.1, 0.15) is 16.1 Å². The largest absolute Gasteiger partial charge is 0.497 e. The second-order valence-corrected chi connectivity index (χ2v) is 5.00. The monoisotopic (exact) mass is 317 g/mol. The third-order valence-corrected chi connectivity index (χ3v) is 3.53. The lowest BCUT2D eigenvalue weighted by atomic mass is 10.1. The average Bonchev–Trinajstić information content (AvgIpc) is 2.87. The molecule has 1 heterocycles. The van der Waals surface area contributed by atoms with Crippen LogP contribution in [0, 0.1) is 18.6 Å². The van der Waals surface area contributed by atoms with Crippen molar-refractivity contribution >= 4 is 22.6 Å². The molecule has 3 aromatic rings. The van der Waals surface area contributed by atoms with Crippen LogP contribution in [0.3, 0.4) is 0 Å². The SMILES string of the molecule is COc1ccc2oc(C(=O)Nc3cc(F)ccc3F)c(C)c2c1.